The predicted molar refractivity (Wildman–Crippen MR) is 570 cm³/mol. The summed E-state index contributed by atoms with van der Waals surface area (Å²) in [6.07, 6.45) is 9.14. The summed E-state index contributed by atoms with van der Waals surface area (Å²) in [6.45, 7) is 39.4. The SMILES string of the molecule is CCCCC(CC)COc1ccc(N(c2ccc(-c3c4nc(c(-c5ccccc5C(=O)OC)c5[n-]c(cc6nc(c(-c7ccccc7C(=O)OC)c7[n-]c3c(CC)c7C)C(C)=C6CC)c(CC)c5C)C(C)=C4CC)cc2)c2ccc(-c3c4nc(c(-c5ccccc5C(=O)OC)c5[n-]c(cc6nc(c(-c7ccccc7C(=O)OC)c7[n-]c3c(CC)c7C)C(C)=C6CC)c(CC)c5C)C(C)=C4CC)cc2)cc1.[Zn+2].[Zn+2]. The van der Waals surface area contributed by atoms with Crippen molar-refractivity contribution >= 4 is 130 Å². The molecule has 0 N–H and O–H groups in total. The third kappa shape index (κ3) is 18.1. The average Bonchev–Trinajstić information content (AvgIpc) is 1.57. The van der Waals surface area contributed by atoms with E-state index in [-0.39, 0.29) is 39.0 Å². The maximum atomic E-state index is 14.4. The van der Waals surface area contributed by atoms with Gasteiger partial charge in [0.05, 0.1) is 103 Å². The van der Waals surface area contributed by atoms with Gasteiger partial charge in [-0.2, -0.15) is 0 Å². The number of methoxy groups -OCH3 is 4. The molecule has 0 saturated carbocycles. The number of allylic oxidation sites excluding steroid dienone is 8. The number of aromatic nitrogens is 8. The Bertz CT molecular complexity index is 7190. The molecular formula is C122H123N9O9Zn2. The second-order valence-corrected chi connectivity index (χ2v) is 36.6. The number of unbranched alkanes of at least 4 members (excludes halogenated alkanes) is 1. The maximum absolute atomic E-state index is 14.4. The second kappa shape index (κ2) is 43.5. The van der Waals surface area contributed by atoms with Crippen molar-refractivity contribution in [2.45, 2.75) is 202 Å². The van der Waals surface area contributed by atoms with Crippen LogP contribution in [0.1, 0.15) is 280 Å². The molecule has 0 spiro atoms. The van der Waals surface area contributed by atoms with E-state index in [1.54, 1.807) is 0 Å². The number of carbonyl (C=O) groups excluding carboxylic acids is 4. The Morgan fingerprint density at radius 3 is 0.923 bits per heavy atom. The Morgan fingerprint density at radius 2 is 0.620 bits per heavy atom. The number of aryl methyl sites for hydroxylation is 8. The van der Waals surface area contributed by atoms with E-state index in [4.69, 9.17) is 63.6 Å². The Balaban J connectivity index is 0.00000760. The molecule has 17 rings (SSSR count). The molecule has 1 unspecified atom stereocenters. The zero-order valence-corrected chi connectivity index (χ0v) is 92.1. The van der Waals surface area contributed by atoms with Crippen LogP contribution in [0.4, 0.5) is 17.1 Å². The van der Waals surface area contributed by atoms with E-state index in [2.05, 4.69) is 214 Å². The van der Waals surface area contributed by atoms with Crippen molar-refractivity contribution in [1.82, 2.24) is 39.9 Å². The predicted octanol–water partition coefficient (Wildman–Crippen LogP) is 29.5. The van der Waals surface area contributed by atoms with E-state index >= 15 is 0 Å². The molecule has 714 valence electrons. The third-order valence-corrected chi connectivity index (χ3v) is 29.2. The summed E-state index contributed by atoms with van der Waals surface area (Å²) >= 11 is 0. The molecule has 13 aromatic rings. The van der Waals surface area contributed by atoms with Gasteiger partial charge >= 0.3 is 62.8 Å². The molecule has 20 heteroatoms. The summed E-state index contributed by atoms with van der Waals surface area (Å²) in [5.41, 5.74) is 39.4. The zero-order chi connectivity index (χ0) is 99.1. The summed E-state index contributed by atoms with van der Waals surface area (Å²) in [5, 5.41) is 0. The Morgan fingerprint density at radius 1 is 0.324 bits per heavy atom. The molecule has 0 radical (unpaired) electrons. The van der Waals surface area contributed by atoms with Crippen LogP contribution in [0, 0.1) is 33.6 Å². The maximum Gasteiger partial charge on any atom is 2.00 e. The Hall–Kier alpha value is -13.5. The smallest absolute Gasteiger partial charge is 0.657 e. The van der Waals surface area contributed by atoms with Crippen LogP contribution >= 0.6 is 0 Å². The normalized spacial score (nSPS) is 12.7. The van der Waals surface area contributed by atoms with Gasteiger partial charge in [0.2, 0.25) is 0 Å². The summed E-state index contributed by atoms with van der Waals surface area (Å²) < 4.78 is 29.3. The first-order valence-corrected chi connectivity index (χ1v) is 49.6. The van der Waals surface area contributed by atoms with E-state index in [9.17, 15) is 19.2 Å². The van der Waals surface area contributed by atoms with Gasteiger partial charge in [-0.25, -0.2) is 39.1 Å². The van der Waals surface area contributed by atoms with E-state index < -0.39 is 23.9 Å². The molecule has 0 fully saturated rings. The molecule has 16 bridgehead atoms. The number of hydrogen-bond donors (Lipinski definition) is 0. The molecule has 18 nitrogen and oxygen atoms in total. The van der Waals surface area contributed by atoms with Crippen molar-refractivity contribution in [2.75, 3.05) is 39.9 Å². The third-order valence-electron chi connectivity index (χ3n) is 29.2. The largest absolute Gasteiger partial charge is 2.00 e. The molecule has 1 atom stereocenters. The molecule has 0 saturated heterocycles. The number of ether oxygens (including phenoxy) is 5. The van der Waals surface area contributed by atoms with E-state index in [1.165, 1.54) is 28.4 Å². The second-order valence-electron chi connectivity index (χ2n) is 36.6. The van der Waals surface area contributed by atoms with E-state index in [0.29, 0.717) is 198 Å². The molecule has 6 aromatic heterocycles. The van der Waals surface area contributed by atoms with Crippen LogP contribution in [0.2, 0.25) is 0 Å². The number of anilines is 3. The monoisotopic (exact) mass is 1990 g/mol. The minimum Gasteiger partial charge on any atom is -0.657 e. The van der Waals surface area contributed by atoms with Gasteiger partial charge in [0.15, 0.2) is 0 Å². The van der Waals surface area contributed by atoms with Gasteiger partial charge < -0.3 is 48.5 Å². The molecular weight excluding hydrogens is 1870 g/mol. The molecule has 0 aliphatic carbocycles. The molecule has 7 aromatic carbocycles. The first-order chi connectivity index (χ1) is 67.9. The van der Waals surface area contributed by atoms with Crippen molar-refractivity contribution in [3.8, 4) is 72.5 Å². The minimum absolute atomic E-state index is 0. The number of benzene rings is 7. The minimum atomic E-state index is -0.489. The van der Waals surface area contributed by atoms with Crippen molar-refractivity contribution in [3.63, 3.8) is 0 Å². The quantitative estimate of drug-likeness (QED) is 0.0252. The molecule has 0 amide bonds. The van der Waals surface area contributed by atoms with Gasteiger partial charge in [-0.15, -0.1) is 44.1 Å². The van der Waals surface area contributed by atoms with E-state index in [1.807, 2.05) is 97.1 Å². The van der Waals surface area contributed by atoms with Crippen molar-refractivity contribution < 1.29 is 81.8 Å². The van der Waals surface area contributed by atoms with Crippen LogP contribution in [-0.4, -0.2) is 78.9 Å². The number of nitrogens with zero attached hydrogens (tertiary/aromatic N) is 9. The van der Waals surface area contributed by atoms with Crippen molar-refractivity contribution in [1.29, 1.82) is 0 Å². The fourth-order valence-electron chi connectivity index (χ4n) is 21.8. The van der Waals surface area contributed by atoms with Crippen molar-refractivity contribution in [3.05, 3.63) is 294 Å². The van der Waals surface area contributed by atoms with Crippen LogP contribution in [0.15, 0.2) is 182 Å². The number of rotatable bonds is 28. The van der Waals surface area contributed by atoms with Gasteiger partial charge in [0, 0.05) is 17.1 Å². The average molecular weight is 1990 g/mol. The van der Waals surface area contributed by atoms with Crippen LogP contribution in [0.5, 0.6) is 5.75 Å². The number of esters is 4. The van der Waals surface area contributed by atoms with E-state index in [0.717, 1.165) is 182 Å². The molecule has 10 heterocycles. The fraction of sp³-hybridized carbons (Fsp3) is 0.295. The van der Waals surface area contributed by atoms with Crippen molar-refractivity contribution in [2.24, 2.45) is 5.92 Å². The summed E-state index contributed by atoms with van der Waals surface area (Å²) in [4.78, 5) is 107. The first-order valence-electron chi connectivity index (χ1n) is 49.6. The van der Waals surface area contributed by atoms with Gasteiger partial charge in [-0.3, -0.25) is 0 Å². The van der Waals surface area contributed by atoms with Gasteiger partial charge in [-0.1, -0.05) is 242 Å². The molecule has 4 aliphatic heterocycles. The Kier molecular flexibility index (Phi) is 31.5. The van der Waals surface area contributed by atoms with Crippen LogP contribution in [-0.2, 0) is 83.6 Å². The zero-order valence-electron chi connectivity index (χ0n) is 86.2. The van der Waals surface area contributed by atoms with Gasteiger partial charge in [0.1, 0.15) is 5.75 Å². The summed E-state index contributed by atoms with van der Waals surface area (Å²) in [7, 11) is 5.66. The first kappa shape index (κ1) is 103. The standard InChI is InChI=1S/C122H125N9O9.2Zn/c1-23-33-42-74(24-2)65-140-80-61-59-79(60-62-80)131(77-55-51-75(52-56-77)101-115-85(29-7)70(15)111(127-115)103(89-43-34-38-47-93(89)119(132)136-19)107-66(11)81(25-3)97(123-107)63-98-82(26-4)67(12)108(124-98)104(112-71(16)86(30-8)116(101)128-112)90-44-35-39-48-94(90)120(133)137-20)78-57-53-76(54-58-78)102-117-87(31-9)72(17)113(129-117)105(91-45-36-40-49-95(91)121(134)138-21)109-68(13)83(27-5)99(125-109)64-100-84(28-6)69(14)110(126-100)106(114-73(18)88(32-10)118(102)130-114)92-46-37-41-50-96(92)122(135)139-22;;/h34-41,43-64,74H,23-33,42,65H2,1-22H3,(H2-2,123,124,125,126,127,128,129,130,132,133,134,135);;/q-2;2*+2/p-2. The number of carbonyl (C=O) groups is 4. The fourth-order valence-corrected chi connectivity index (χ4v) is 21.8. The molecule has 142 heavy (non-hydrogen) atoms. The van der Waals surface area contributed by atoms with Crippen LogP contribution in [0.25, 0.3) is 155 Å². The molecule has 4 aliphatic rings. The number of fused-ring (bicyclic) bond motifs is 16. The topological polar surface area (TPSA) is 226 Å². The van der Waals surface area contributed by atoms with Crippen LogP contribution in [0.3, 0.4) is 0 Å². The summed E-state index contributed by atoms with van der Waals surface area (Å²) in [6, 6.07) is 60.6. The van der Waals surface area contributed by atoms with Crippen LogP contribution < -0.4 is 29.6 Å². The summed E-state index contributed by atoms with van der Waals surface area (Å²) in [5.74, 6) is -0.790. The van der Waals surface area contributed by atoms with Gasteiger partial charge in [-0.05, 0) is 303 Å². The number of hydrogen-bond acceptors (Lipinski definition) is 14. The Labute approximate surface area is 859 Å². The van der Waals surface area contributed by atoms with Gasteiger partial charge in [0.25, 0.3) is 0 Å².